The fourth-order valence-electron chi connectivity index (χ4n) is 1.96. The Hall–Kier alpha value is -2.11. The highest BCUT2D eigenvalue weighted by atomic mass is 32.2. The first-order valence-electron chi connectivity index (χ1n) is 6.86. The number of aromatic amines is 1. The lowest BCUT2D eigenvalue weighted by atomic mass is 10.1. The summed E-state index contributed by atoms with van der Waals surface area (Å²) in [6.07, 6.45) is 5.44. The molecule has 1 aliphatic rings. The number of hydrogen-bond acceptors (Lipinski definition) is 4. The van der Waals surface area contributed by atoms with Crippen molar-refractivity contribution in [3.8, 4) is 11.8 Å². The molecule has 8 heteroatoms. The molecule has 22 heavy (non-hydrogen) atoms. The van der Waals surface area contributed by atoms with Gasteiger partial charge in [-0.15, -0.1) is 14.7 Å². The van der Waals surface area contributed by atoms with E-state index in [-0.39, 0.29) is 5.71 Å². The average molecular weight is 321 g/mol. The smallest absolute Gasteiger partial charge is 0.363 e. The normalized spacial score (nSPS) is 15.7. The van der Waals surface area contributed by atoms with Crippen LogP contribution in [-0.2, 0) is 16.6 Å². The number of nitrogen functional groups attached to an aromatic ring is 1. The third kappa shape index (κ3) is 4.19. The van der Waals surface area contributed by atoms with Crippen LogP contribution in [-0.4, -0.2) is 50.9 Å². The minimum absolute atomic E-state index is 0.245. The van der Waals surface area contributed by atoms with E-state index in [1.54, 1.807) is 6.20 Å². The van der Waals surface area contributed by atoms with E-state index in [0.29, 0.717) is 11.4 Å². The zero-order chi connectivity index (χ0) is 16.2. The Labute approximate surface area is 130 Å². The van der Waals surface area contributed by atoms with Gasteiger partial charge in [-0.3, -0.25) is 4.90 Å². The molecule has 3 N–H and O–H groups in total. The van der Waals surface area contributed by atoms with Crippen molar-refractivity contribution in [2.75, 3.05) is 26.4 Å². The Balaban J connectivity index is 1.95. The first kappa shape index (κ1) is 16.3. The summed E-state index contributed by atoms with van der Waals surface area (Å²) in [5.41, 5.74) is 8.24. The monoisotopic (exact) mass is 321 g/mol. The number of nitrogens with two attached hydrogens (primary N) is 1. The summed E-state index contributed by atoms with van der Waals surface area (Å²) < 4.78 is 29.3. The highest BCUT2D eigenvalue weighted by Gasteiger charge is 2.20. The Kier molecular flexibility index (Phi) is 5.00. The van der Waals surface area contributed by atoms with Crippen LogP contribution in [0.5, 0.6) is 0 Å². The first-order valence-corrected chi connectivity index (χ1v) is 8.25. The molecule has 0 bridgehead atoms. The molecule has 2 rings (SSSR count). The first-order chi connectivity index (χ1) is 10.4. The summed E-state index contributed by atoms with van der Waals surface area (Å²) in [6.45, 7) is 0.754. The predicted molar refractivity (Wildman–Crippen MR) is 88.4 cm³/mol. The van der Waals surface area contributed by atoms with Crippen molar-refractivity contribution in [2.24, 2.45) is 8.80 Å². The van der Waals surface area contributed by atoms with E-state index in [2.05, 4.69) is 25.6 Å². The number of rotatable bonds is 5. The van der Waals surface area contributed by atoms with E-state index in [4.69, 9.17) is 5.73 Å². The van der Waals surface area contributed by atoms with E-state index in [0.717, 1.165) is 31.4 Å². The average Bonchev–Trinajstić information content (AvgIpc) is 2.97. The molecule has 7 nitrogen and oxygen atoms in total. The lowest BCUT2D eigenvalue weighted by Gasteiger charge is -2.01. The Bertz CT molecular complexity index is 763. The van der Waals surface area contributed by atoms with Gasteiger partial charge in [0.15, 0.2) is 0 Å². The molecule has 0 fully saturated rings. The number of hydrogen-bond donors (Lipinski definition) is 2. The molecule has 0 unspecified atom stereocenters. The number of H-pyrrole nitrogens is 1. The van der Waals surface area contributed by atoms with Gasteiger partial charge in [-0.2, -0.15) is 8.42 Å². The van der Waals surface area contributed by atoms with Gasteiger partial charge in [0.25, 0.3) is 0 Å². The van der Waals surface area contributed by atoms with Crippen LogP contribution in [0.25, 0.3) is 0 Å². The van der Waals surface area contributed by atoms with E-state index in [1.807, 2.05) is 19.0 Å². The topological polar surface area (TPSA) is 104 Å². The largest absolute Gasteiger partial charge is 0.397 e. The zero-order valence-electron chi connectivity index (χ0n) is 12.6. The van der Waals surface area contributed by atoms with Crippen LogP contribution >= 0.6 is 0 Å². The van der Waals surface area contributed by atoms with Crippen molar-refractivity contribution >= 4 is 27.8 Å². The van der Waals surface area contributed by atoms with E-state index >= 15 is 0 Å². The van der Waals surface area contributed by atoms with E-state index in [9.17, 15) is 8.42 Å². The quantitative estimate of drug-likeness (QED) is 0.612. The molecule has 0 saturated heterocycles. The van der Waals surface area contributed by atoms with Crippen molar-refractivity contribution < 1.29 is 8.42 Å². The second-order valence-electron chi connectivity index (χ2n) is 5.21. The van der Waals surface area contributed by atoms with Gasteiger partial charge in [0.1, 0.15) is 5.71 Å². The van der Waals surface area contributed by atoms with Crippen LogP contribution in [0, 0.1) is 11.8 Å². The molecule has 2 heterocycles. The molecule has 0 atom stereocenters. The number of unbranched alkanes of at least 4 members (excludes halogenated alkanes) is 1. The summed E-state index contributed by atoms with van der Waals surface area (Å²) in [7, 11) is 0.230. The van der Waals surface area contributed by atoms with Gasteiger partial charge >= 0.3 is 10.2 Å². The summed E-state index contributed by atoms with van der Waals surface area (Å²) in [5.74, 6) is 6.19. The summed E-state index contributed by atoms with van der Waals surface area (Å²) in [6, 6.07) is 0. The number of nitrogens with one attached hydrogen (secondary N) is 1. The van der Waals surface area contributed by atoms with Crippen LogP contribution in [0.3, 0.4) is 0 Å². The maximum atomic E-state index is 11.2. The molecule has 0 radical (unpaired) electrons. The standard InChI is InChI=1S/C14H19N5O2S/c1-19(2)8-6-4-3-5-7-11-9-16-14(13(11)15)12-10-17-22(20,21)18-12/h9-10,16H,3,5,7-8,15H2,1-2H3. The van der Waals surface area contributed by atoms with Gasteiger partial charge in [-0.1, -0.05) is 5.92 Å². The second-order valence-corrected chi connectivity index (χ2v) is 6.50. The number of nitrogens with zero attached hydrogens (tertiary/aromatic N) is 3. The van der Waals surface area contributed by atoms with Gasteiger partial charge < -0.3 is 10.7 Å². The third-order valence-corrected chi connectivity index (χ3v) is 3.85. The van der Waals surface area contributed by atoms with Crippen molar-refractivity contribution in [1.82, 2.24) is 9.88 Å². The molecular formula is C14H19N5O2S. The predicted octanol–water partition coefficient (Wildman–Crippen LogP) is 0.603. The fourth-order valence-corrected chi connectivity index (χ4v) is 2.63. The Morgan fingerprint density at radius 1 is 1.36 bits per heavy atom. The number of aryl methyl sites for hydroxylation is 1. The van der Waals surface area contributed by atoms with Gasteiger partial charge in [0.05, 0.1) is 24.1 Å². The second kappa shape index (κ2) is 6.77. The molecule has 0 saturated carbocycles. The molecule has 1 aliphatic heterocycles. The molecule has 0 aromatic carbocycles. The lowest BCUT2D eigenvalue weighted by Crippen LogP contribution is -2.10. The summed E-state index contributed by atoms with van der Waals surface area (Å²) in [4.78, 5) is 4.98. The van der Waals surface area contributed by atoms with Crippen LogP contribution in [0.1, 0.15) is 24.1 Å². The molecule has 0 spiro atoms. The van der Waals surface area contributed by atoms with E-state index < -0.39 is 10.2 Å². The highest BCUT2D eigenvalue weighted by Crippen LogP contribution is 2.21. The third-order valence-electron chi connectivity index (χ3n) is 3.05. The number of aromatic nitrogens is 1. The van der Waals surface area contributed by atoms with Gasteiger partial charge in [0.2, 0.25) is 0 Å². The van der Waals surface area contributed by atoms with Crippen LogP contribution < -0.4 is 5.73 Å². The minimum Gasteiger partial charge on any atom is -0.397 e. The molecule has 1 aromatic heterocycles. The summed E-state index contributed by atoms with van der Waals surface area (Å²) >= 11 is 0. The molecule has 118 valence electrons. The zero-order valence-corrected chi connectivity index (χ0v) is 13.4. The van der Waals surface area contributed by atoms with Gasteiger partial charge in [-0.05, 0) is 32.5 Å². The molecule has 1 aromatic rings. The molecular weight excluding hydrogens is 302 g/mol. The molecule has 0 aliphatic carbocycles. The minimum atomic E-state index is -3.73. The summed E-state index contributed by atoms with van der Waals surface area (Å²) in [5, 5.41) is 0. The van der Waals surface area contributed by atoms with Crippen molar-refractivity contribution in [2.45, 2.75) is 19.3 Å². The van der Waals surface area contributed by atoms with Crippen LogP contribution in [0.15, 0.2) is 15.0 Å². The van der Waals surface area contributed by atoms with Crippen LogP contribution in [0.4, 0.5) is 5.69 Å². The molecule has 0 amide bonds. The Morgan fingerprint density at radius 3 is 2.77 bits per heavy atom. The van der Waals surface area contributed by atoms with Gasteiger partial charge in [-0.25, -0.2) is 0 Å². The van der Waals surface area contributed by atoms with Crippen molar-refractivity contribution in [1.29, 1.82) is 0 Å². The highest BCUT2D eigenvalue weighted by molar-refractivity contribution is 7.89. The lowest BCUT2D eigenvalue weighted by molar-refractivity contribution is 0.463. The van der Waals surface area contributed by atoms with Gasteiger partial charge in [0, 0.05) is 12.6 Å². The van der Waals surface area contributed by atoms with Crippen molar-refractivity contribution in [3.63, 3.8) is 0 Å². The number of anilines is 1. The maximum absolute atomic E-state index is 11.2. The maximum Gasteiger partial charge on any atom is 0.363 e. The van der Waals surface area contributed by atoms with Crippen molar-refractivity contribution in [3.05, 3.63) is 17.5 Å². The van der Waals surface area contributed by atoms with Crippen LogP contribution in [0.2, 0.25) is 0 Å². The van der Waals surface area contributed by atoms with E-state index in [1.165, 1.54) is 6.21 Å². The Morgan fingerprint density at radius 2 is 2.14 bits per heavy atom. The SMILES string of the molecule is CN(C)CC#CCCCc1c[nH]c(C2=NS(=O)(=O)N=C2)c1N. The fraction of sp³-hybridized carbons (Fsp3) is 0.429.